The monoisotopic (exact) mass is 334 g/mol. The lowest BCUT2D eigenvalue weighted by molar-refractivity contribution is -0.142. The highest BCUT2D eigenvalue weighted by atomic mass is 79.9. The average Bonchev–Trinajstić information content (AvgIpc) is 2.36. The van der Waals surface area contributed by atoms with Gasteiger partial charge in [-0.15, -0.1) is 0 Å². The number of anilines is 1. The minimum absolute atomic E-state index is 0.0516. The Morgan fingerprint density at radius 3 is 2.84 bits per heavy atom. The second kappa shape index (κ2) is 5.81. The summed E-state index contributed by atoms with van der Waals surface area (Å²) in [5.41, 5.74) is 0. The number of rotatable bonds is 3. The molecule has 2 atom stereocenters. The Labute approximate surface area is 117 Å². The first kappa shape index (κ1) is 14.2. The number of nitrogens with zero attached hydrogens (tertiary/aromatic N) is 1. The molecule has 2 rings (SSSR count). The topological polar surface area (TPSA) is 62.2 Å². The van der Waals surface area contributed by atoms with Crippen molar-refractivity contribution < 1.29 is 18.7 Å². The molecule has 0 spiro atoms. The smallest absolute Gasteiger partial charge is 0.306 e. The first-order valence-corrected chi connectivity index (χ1v) is 6.77. The fourth-order valence-corrected chi connectivity index (χ4v) is 2.58. The normalized spacial score (nSPS) is 23.1. The maximum absolute atomic E-state index is 13.5. The molecule has 0 radical (unpaired) electrons. The van der Waals surface area contributed by atoms with Crippen molar-refractivity contribution in [2.24, 2.45) is 5.92 Å². The van der Waals surface area contributed by atoms with Gasteiger partial charge >= 0.3 is 5.97 Å². The maximum atomic E-state index is 13.5. The molecule has 0 saturated heterocycles. The lowest BCUT2D eigenvalue weighted by Crippen LogP contribution is -2.31. The van der Waals surface area contributed by atoms with Crippen molar-refractivity contribution >= 4 is 27.7 Å². The fraction of sp³-hybridized carbons (Fsp3) is 0.500. The molecule has 2 N–H and O–H groups in total. The van der Waals surface area contributed by atoms with Crippen LogP contribution >= 0.6 is 15.9 Å². The molecule has 1 fully saturated rings. The zero-order chi connectivity index (χ0) is 14.0. The molecule has 1 aliphatic carbocycles. The van der Waals surface area contributed by atoms with Gasteiger partial charge in [0.05, 0.1) is 5.92 Å². The van der Waals surface area contributed by atoms with Gasteiger partial charge in [-0.05, 0) is 35.2 Å². The van der Waals surface area contributed by atoms with Gasteiger partial charge in [-0.25, -0.2) is 13.8 Å². The predicted molar refractivity (Wildman–Crippen MR) is 68.9 cm³/mol. The number of nitrogens with one attached hydrogen (secondary N) is 1. The van der Waals surface area contributed by atoms with Crippen LogP contribution in [0.15, 0.2) is 10.7 Å². The van der Waals surface area contributed by atoms with E-state index in [1.807, 2.05) is 0 Å². The molecule has 1 saturated carbocycles. The summed E-state index contributed by atoms with van der Waals surface area (Å²) in [6.45, 7) is 0. The Morgan fingerprint density at radius 2 is 2.16 bits per heavy atom. The van der Waals surface area contributed by atoms with Crippen molar-refractivity contribution in [2.75, 3.05) is 5.32 Å². The van der Waals surface area contributed by atoms with E-state index in [2.05, 4.69) is 26.2 Å². The molecule has 2 unspecified atom stereocenters. The third-order valence-electron chi connectivity index (χ3n) is 3.25. The second-order valence-electron chi connectivity index (χ2n) is 4.63. The van der Waals surface area contributed by atoms with Crippen molar-refractivity contribution in [1.29, 1.82) is 0 Å². The highest BCUT2D eigenvalue weighted by Gasteiger charge is 2.27. The fourth-order valence-electron chi connectivity index (χ4n) is 2.28. The highest BCUT2D eigenvalue weighted by molar-refractivity contribution is 9.10. The van der Waals surface area contributed by atoms with Crippen LogP contribution < -0.4 is 5.32 Å². The van der Waals surface area contributed by atoms with Crippen molar-refractivity contribution in [1.82, 2.24) is 4.98 Å². The van der Waals surface area contributed by atoms with E-state index in [4.69, 9.17) is 5.11 Å². The van der Waals surface area contributed by atoms with Crippen LogP contribution in [0.5, 0.6) is 0 Å². The summed E-state index contributed by atoms with van der Waals surface area (Å²) in [6.07, 6.45) is 2.57. The van der Waals surface area contributed by atoms with E-state index in [0.717, 1.165) is 18.9 Å². The van der Waals surface area contributed by atoms with Crippen molar-refractivity contribution in [2.45, 2.75) is 31.7 Å². The first-order valence-electron chi connectivity index (χ1n) is 5.98. The van der Waals surface area contributed by atoms with Crippen LogP contribution in [0.1, 0.15) is 25.7 Å². The van der Waals surface area contributed by atoms with E-state index < -0.39 is 23.5 Å². The zero-order valence-electron chi connectivity index (χ0n) is 10.00. The molecule has 1 aromatic rings. The van der Waals surface area contributed by atoms with Crippen LogP contribution in [-0.4, -0.2) is 22.1 Å². The molecule has 1 aromatic heterocycles. The average molecular weight is 335 g/mol. The second-order valence-corrected chi connectivity index (χ2v) is 5.39. The van der Waals surface area contributed by atoms with E-state index in [-0.39, 0.29) is 16.5 Å². The number of carboxylic acid groups (broad SMARTS) is 1. The summed E-state index contributed by atoms with van der Waals surface area (Å²) in [5, 5.41) is 11.8. The summed E-state index contributed by atoms with van der Waals surface area (Å²) < 4.78 is 26.5. The SMILES string of the molecule is O=C(O)C1CCCC(Nc2nc(Br)c(F)cc2F)C1. The zero-order valence-corrected chi connectivity index (χ0v) is 11.6. The van der Waals surface area contributed by atoms with Crippen LogP contribution in [0.2, 0.25) is 0 Å². The molecule has 1 aliphatic rings. The third-order valence-corrected chi connectivity index (χ3v) is 3.81. The Bertz CT molecular complexity index is 499. The number of hydrogen-bond acceptors (Lipinski definition) is 3. The quantitative estimate of drug-likeness (QED) is 0.833. The molecule has 4 nitrogen and oxygen atoms in total. The summed E-state index contributed by atoms with van der Waals surface area (Å²) in [6, 6.07) is 0.589. The lowest BCUT2D eigenvalue weighted by Gasteiger charge is -2.27. The number of halogens is 3. The molecule has 0 aliphatic heterocycles. The summed E-state index contributed by atoms with van der Waals surface area (Å²) >= 11 is 2.89. The number of hydrogen-bond donors (Lipinski definition) is 2. The summed E-state index contributed by atoms with van der Waals surface area (Å²) in [7, 11) is 0. The molecule has 0 bridgehead atoms. The van der Waals surface area contributed by atoms with E-state index in [1.54, 1.807) is 0 Å². The number of carbonyl (C=O) groups is 1. The van der Waals surface area contributed by atoms with Crippen LogP contribution in [0.3, 0.4) is 0 Å². The van der Waals surface area contributed by atoms with E-state index in [1.165, 1.54) is 0 Å². The van der Waals surface area contributed by atoms with Gasteiger partial charge in [0.2, 0.25) is 0 Å². The summed E-state index contributed by atoms with van der Waals surface area (Å²) in [5.74, 6) is -2.85. The van der Waals surface area contributed by atoms with Crippen LogP contribution in [0.4, 0.5) is 14.6 Å². The standard InChI is InChI=1S/C12H13BrF2N2O2/c13-10-8(14)5-9(15)11(17-10)16-7-3-1-2-6(4-7)12(18)19/h5-7H,1-4H2,(H,16,17)(H,18,19). The van der Waals surface area contributed by atoms with E-state index >= 15 is 0 Å². The third kappa shape index (κ3) is 3.40. The number of aliphatic carboxylic acids is 1. The van der Waals surface area contributed by atoms with Crippen molar-refractivity contribution in [3.63, 3.8) is 0 Å². The molecule has 0 aromatic carbocycles. The Morgan fingerprint density at radius 1 is 1.42 bits per heavy atom. The number of aromatic nitrogens is 1. The largest absolute Gasteiger partial charge is 0.481 e. The van der Waals surface area contributed by atoms with Crippen molar-refractivity contribution in [3.05, 3.63) is 22.3 Å². The van der Waals surface area contributed by atoms with Gasteiger partial charge in [0.1, 0.15) is 4.60 Å². The Hall–Kier alpha value is -1.24. The lowest BCUT2D eigenvalue weighted by atomic mass is 9.86. The number of pyridine rings is 1. The van der Waals surface area contributed by atoms with E-state index in [0.29, 0.717) is 12.8 Å². The molecule has 1 heterocycles. The van der Waals surface area contributed by atoms with Gasteiger partial charge < -0.3 is 10.4 Å². The van der Waals surface area contributed by atoms with Gasteiger partial charge in [0, 0.05) is 12.1 Å². The summed E-state index contributed by atoms with van der Waals surface area (Å²) in [4.78, 5) is 14.7. The molecule has 104 valence electrons. The van der Waals surface area contributed by atoms with Crippen LogP contribution in [0, 0.1) is 17.6 Å². The van der Waals surface area contributed by atoms with Gasteiger partial charge in [0.25, 0.3) is 0 Å². The highest BCUT2D eigenvalue weighted by Crippen LogP contribution is 2.28. The minimum Gasteiger partial charge on any atom is -0.481 e. The maximum Gasteiger partial charge on any atom is 0.306 e. The minimum atomic E-state index is -0.833. The molecule has 0 amide bonds. The van der Waals surface area contributed by atoms with E-state index in [9.17, 15) is 13.6 Å². The number of carboxylic acids is 1. The molecular formula is C12H13BrF2N2O2. The Kier molecular flexibility index (Phi) is 4.34. The Balaban J connectivity index is 2.08. The predicted octanol–water partition coefficient (Wildman–Crippen LogP) is 3.18. The van der Waals surface area contributed by atoms with Crippen molar-refractivity contribution in [3.8, 4) is 0 Å². The first-order chi connectivity index (χ1) is 8.97. The van der Waals surface area contributed by atoms with Gasteiger partial charge in [-0.1, -0.05) is 6.42 Å². The van der Waals surface area contributed by atoms with Crippen LogP contribution in [0.25, 0.3) is 0 Å². The van der Waals surface area contributed by atoms with Gasteiger partial charge in [-0.3, -0.25) is 4.79 Å². The van der Waals surface area contributed by atoms with Gasteiger partial charge in [-0.2, -0.15) is 0 Å². The van der Waals surface area contributed by atoms with Gasteiger partial charge in [0.15, 0.2) is 17.5 Å². The van der Waals surface area contributed by atoms with Crippen LogP contribution in [-0.2, 0) is 4.79 Å². The molecule has 7 heteroatoms. The molecular weight excluding hydrogens is 322 g/mol. The molecule has 19 heavy (non-hydrogen) atoms.